The lowest BCUT2D eigenvalue weighted by Gasteiger charge is -2.07. The van der Waals surface area contributed by atoms with Gasteiger partial charge in [0.2, 0.25) is 0 Å². The molecule has 0 N–H and O–H groups in total. The standard InChI is InChI=1S/C15H20O2.C14H18O2.C4H8O2.C4H10/c1-4-5-13-6-8-14(9-7-13)10-11-17-15(16)12(2)3;1-4-14(15)16-10-9-12-5-7-13(8-6-12)11(2)3;1-3-6-4(2)5;1-4(2)3/h6-9H,2,4-5,10-11H2,1,3H3;4-8,11H,1,9-10H2,2-3H3;3H2,1-2H3;4H,1-3H3. The highest BCUT2D eigenvalue weighted by Gasteiger charge is 2.03. The SMILES string of the molecule is C=C(C)C(=O)OCCc1ccc(CCC)cc1.C=CC(=O)OCCc1ccc(C(C)C)cc1.CC(C)C.CCOC(C)=O. The van der Waals surface area contributed by atoms with Crippen LogP contribution in [-0.2, 0) is 47.9 Å². The lowest BCUT2D eigenvalue weighted by molar-refractivity contribution is -0.140. The highest BCUT2D eigenvalue weighted by atomic mass is 16.5. The second-order valence-corrected chi connectivity index (χ2v) is 10.9. The van der Waals surface area contributed by atoms with Crippen LogP contribution in [-0.4, -0.2) is 37.7 Å². The maximum Gasteiger partial charge on any atom is 0.333 e. The molecule has 2 rings (SSSR count). The third kappa shape index (κ3) is 25.7. The summed E-state index contributed by atoms with van der Waals surface area (Å²) in [6.45, 7) is 26.0. The van der Waals surface area contributed by atoms with E-state index in [9.17, 15) is 14.4 Å². The number of carbonyl (C=O) groups is 3. The van der Waals surface area contributed by atoms with Crippen molar-refractivity contribution in [3.8, 4) is 0 Å². The maximum atomic E-state index is 11.2. The van der Waals surface area contributed by atoms with Gasteiger partial charge in [0.05, 0.1) is 19.8 Å². The van der Waals surface area contributed by atoms with Crippen LogP contribution in [0, 0.1) is 5.92 Å². The first-order valence-electron chi connectivity index (χ1n) is 15.2. The summed E-state index contributed by atoms with van der Waals surface area (Å²) >= 11 is 0. The summed E-state index contributed by atoms with van der Waals surface area (Å²) in [5.74, 6) is 0.497. The van der Waals surface area contributed by atoms with Gasteiger partial charge in [-0.25, -0.2) is 9.59 Å². The summed E-state index contributed by atoms with van der Waals surface area (Å²) in [6, 6.07) is 16.9. The number of esters is 3. The minimum absolute atomic E-state index is 0.211. The lowest BCUT2D eigenvalue weighted by atomic mass is 10.0. The topological polar surface area (TPSA) is 78.9 Å². The predicted octanol–water partition coefficient (Wildman–Crippen LogP) is 8.61. The van der Waals surface area contributed by atoms with Crippen molar-refractivity contribution in [1.29, 1.82) is 0 Å². The quantitative estimate of drug-likeness (QED) is 0.139. The van der Waals surface area contributed by atoms with Gasteiger partial charge in [0.15, 0.2) is 0 Å². The Bertz CT molecular complexity index is 1050. The minimum atomic E-state index is -0.362. The number of ether oxygens (including phenoxy) is 3. The van der Waals surface area contributed by atoms with Crippen molar-refractivity contribution in [1.82, 2.24) is 0 Å². The molecule has 2 aromatic rings. The Balaban J connectivity index is 0. The Morgan fingerprint density at radius 2 is 1.14 bits per heavy atom. The lowest BCUT2D eigenvalue weighted by Crippen LogP contribution is -2.07. The first-order valence-corrected chi connectivity index (χ1v) is 15.2. The molecule has 0 bridgehead atoms. The Kier molecular flexibility index (Phi) is 25.1. The Hall–Kier alpha value is -3.67. The molecular weight excluding hydrogens is 540 g/mol. The zero-order valence-corrected chi connectivity index (χ0v) is 28.2. The van der Waals surface area contributed by atoms with Crippen molar-refractivity contribution < 1.29 is 28.6 Å². The number of aryl methyl sites for hydroxylation is 1. The first kappa shape index (κ1) is 41.5. The fraction of sp³-hybridized carbons (Fsp3) is 0.486. The molecule has 2 aromatic carbocycles. The molecule has 0 saturated heterocycles. The van der Waals surface area contributed by atoms with Gasteiger partial charge in [-0.2, -0.15) is 0 Å². The minimum Gasteiger partial charge on any atom is -0.466 e. The highest BCUT2D eigenvalue weighted by molar-refractivity contribution is 5.86. The molecule has 6 nitrogen and oxygen atoms in total. The Morgan fingerprint density at radius 1 is 0.721 bits per heavy atom. The van der Waals surface area contributed by atoms with E-state index in [4.69, 9.17) is 9.47 Å². The molecule has 0 radical (unpaired) electrons. The van der Waals surface area contributed by atoms with Crippen molar-refractivity contribution in [3.05, 3.63) is 95.6 Å². The number of hydrogen-bond donors (Lipinski definition) is 0. The van der Waals surface area contributed by atoms with Crippen LogP contribution < -0.4 is 0 Å². The van der Waals surface area contributed by atoms with Crippen molar-refractivity contribution in [2.45, 2.75) is 93.9 Å². The second-order valence-electron chi connectivity index (χ2n) is 10.9. The van der Waals surface area contributed by atoms with E-state index < -0.39 is 0 Å². The average molecular weight is 597 g/mol. The van der Waals surface area contributed by atoms with Gasteiger partial charge in [0, 0.05) is 31.4 Å². The molecule has 0 spiro atoms. The fourth-order valence-electron chi connectivity index (χ4n) is 3.15. The van der Waals surface area contributed by atoms with Crippen LogP contribution in [0.25, 0.3) is 0 Å². The summed E-state index contributed by atoms with van der Waals surface area (Å²) in [7, 11) is 0. The molecule has 0 aliphatic heterocycles. The van der Waals surface area contributed by atoms with Crippen molar-refractivity contribution in [2.75, 3.05) is 19.8 Å². The summed E-state index contributed by atoms with van der Waals surface area (Å²) in [4.78, 5) is 31.8. The number of carbonyl (C=O) groups excluding carboxylic acids is 3. The number of rotatable bonds is 12. The van der Waals surface area contributed by atoms with Crippen LogP contribution in [0.15, 0.2) is 73.3 Å². The van der Waals surface area contributed by atoms with E-state index in [1.807, 2.05) is 0 Å². The van der Waals surface area contributed by atoms with E-state index in [1.54, 1.807) is 13.8 Å². The van der Waals surface area contributed by atoms with Crippen LogP contribution >= 0.6 is 0 Å². The summed E-state index contributed by atoms with van der Waals surface area (Å²) in [5, 5.41) is 0. The average Bonchev–Trinajstić information content (AvgIpc) is 2.94. The van der Waals surface area contributed by atoms with Gasteiger partial charge in [0.25, 0.3) is 0 Å². The normalized spacial score (nSPS) is 9.65. The van der Waals surface area contributed by atoms with E-state index in [0.717, 1.165) is 31.6 Å². The van der Waals surface area contributed by atoms with Gasteiger partial charge >= 0.3 is 17.9 Å². The van der Waals surface area contributed by atoms with E-state index in [2.05, 4.69) is 108 Å². The van der Waals surface area contributed by atoms with Crippen molar-refractivity contribution in [2.24, 2.45) is 5.92 Å². The third-order valence-electron chi connectivity index (χ3n) is 5.33. The summed E-state index contributed by atoms with van der Waals surface area (Å²) in [6.07, 6.45) is 4.96. The largest absolute Gasteiger partial charge is 0.466 e. The molecule has 0 aliphatic rings. The number of hydrogen-bond acceptors (Lipinski definition) is 6. The molecule has 0 fully saturated rings. The van der Waals surface area contributed by atoms with Crippen LogP contribution in [0.3, 0.4) is 0 Å². The molecule has 0 atom stereocenters. The molecule has 0 unspecified atom stereocenters. The number of benzene rings is 2. The van der Waals surface area contributed by atoms with Gasteiger partial charge in [-0.15, -0.1) is 0 Å². The van der Waals surface area contributed by atoms with Gasteiger partial charge in [-0.05, 0) is 54.4 Å². The van der Waals surface area contributed by atoms with E-state index >= 15 is 0 Å². The van der Waals surface area contributed by atoms with Crippen LogP contribution in [0.2, 0.25) is 0 Å². The van der Waals surface area contributed by atoms with Gasteiger partial charge in [0.1, 0.15) is 0 Å². The van der Waals surface area contributed by atoms with Crippen LogP contribution in [0.4, 0.5) is 0 Å². The molecular formula is C37H56O6. The Morgan fingerprint density at radius 3 is 1.47 bits per heavy atom. The summed E-state index contributed by atoms with van der Waals surface area (Å²) in [5.41, 5.74) is 5.51. The molecule has 43 heavy (non-hydrogen) atoms. The van der Waals surface area contributed by atoms with Gasteiger partial charge in [-0.1, -0.05) is 110 Å². The van der Waals surface area contributed by atoms with Crippen LogP contribution in [0.5, 0.6) is 0 Å². The summed E-state index contributed by atoms with van der Waals surface area (Å²) < 4.78 is 14.4. The van der Waals surface area contributed by atoms with Crippen LogP contribution in [0.1, 0.15) is 96.9 Å². The second kappa shape index (κ2) is 26.0. The zero-order chi connectivity index (χ0) is 33.2. The third-order valence-corrected chi connectivity index (χ3v) is 5.33. The smallest absolute Gasteiger partial charge is 0.333 e. The molecule has 240 valence electrons. The molecule has 0 saturated carbocycles. The maximum absolute atomic E-state index is 11.2. The van der Waals surface area contributed by atoms with Crippen molar-refractivity contribution >= 4 is 17.9 Å². The molecule has 6 heteroatoms. The fourth-order valence-corrected chi connectivity index (χ4v) is 3.15. The monoisotopic (exact) mass is 596 g/mol. The van der Waals surface area contributed by atoms with E-state index in [-0.39, 0.29) is 17.9 Å². The molecule has 0 amide bonds. The van der Waals surface area contributed by atoms with Gasteiger partial charge in [-0.3, -0.25) is 4.79 Å². The molecule has 0 aromatic heterocycles. The Labute approximate surface area is 261 Å². The van der Waals surface area contributed by atoms with E-state index in [0.29, 0.717) is 31.3 Å². The highest BCUT2D eigenvalue weighted by Crippen LogP contribution is 2.15. The van der Waals surface area contributed by atoms with Gasteiger partial charge < -0.3 is 14.2 Å². The molecule has 0 heterocycles. The zero-order valence-electron chi connectivity index (χ0n) is 28.2. The first-order chi connectivity index (χ1) is 20.3. The predicted molar refractivity (Wildman–Crippen MR) is 178 cm³/mol. The van der Waals surface area contributed by atoms with Crippen molar-refractivity contribution in [3.63, 3.8) is 0 Å². The molecule has 0 aliphatic carbocycles. The van der Waals surface area contributed by atoms with E-state index in [1.165, 1.54) is 35.3 Å².